The summed E-state index contributed by atoms with van der Waals surface area (Å²) < 4.78 is 41.3. The van der Waals surface area contributed by atoms with Crippen LogP contribution in [0.1, 0.15) is 11.1 Å². The van der Waals surface area contributed by atoms with E-state index in [1.165, 1.54) is 17.0 Å². The second kappa shape index (κ2) is 8.80. The van der Waals surface area contributed by atoms with E-state index in [9.17, 15) is 17.6 Å². The van der Waals surface area contributed by atoms with Crippen LogP contribution in [-0.4, -0.2) is 35.6 Å². The fraction of sp³-hybridized carbons (Fsp3) is 0.174. The number of carbonyl (C=O) groups is 1. The van der Waals surface area contributed by atoms with Crippen LogP contribution in [0.25, 0.3) is 5.69 Å². The molecule has 0 saturated heterocycles. The molecule has 0 radical (unpaired) electrons. The SMILES string of the molecule is O=C(Cc1ccc(-n2cccc2)cc1F)N(Cc1ccc(Br)cc1)C1C=CS(=O)(=O)C1. The number of hydrogen-bond acceptors (Lipinski definition) is 3. The first kappa shape index (κ1) is 21.5. The number of carbonyl (C=O) groups excluding carboxylic acids is 1. The topological polar surface area (TPSA) is 59.4 Å². The Morgan fingerprint density at radius 1 is 1.13 bits per heavy atom. The number of rotatable bonds is 6. The Labute approximate surface area is 188 Å². The molecule has 31 heavy (non-hydrogen) atoms. The van der Waals surface area contributed by atoms with Crippen molar-refractivity contribution < 1.29 is 17.6 Å². The molecule has 5 nitrogen and oxygen atoms in total. The van der Waals surface area contributed by atoms with Crippen LogP contribution in [0.15, 0.2) is 82.9 Å². The van der Waals surface area contributed by atoms with E-state index >= 15 is 0 Å². The van der Waals surface area contributed by atoms with Crippen LogP contribution in [0.3, 0.4) is 0 Å². The number of amides is 1. The molecule has 0 saturated carbocycles. The van der Waals surface area contributed by atoms with E-state index in [0.29, 0.717) is 5.69 Å². The van der Waals surface area contributed by atoms with Crippen molar-refractivity contribution in [3.8, 4) is 5.69 Å². The number of benzene rings is 2. The van der Waals surface area contributed by atoms with Crippen LogP contribution in [0, 0.1) is 5.82 Å². The molecule has 1 aliphatic heterocycles. The van der Waals surface area contributed by atoms with Gasteiger partial charge >= 0.3 is 0 Å². The number of halogens is 2. The molecule has 4 rings (SSSR count). The first-order valence-electron chi connectivity index (χ1n) is 9.67. The van der Waals surface area contributed by atoms with Crippen molar-refractivity contribution >= 4 is 31.7 Å². The Morgan fingerprint density at radius 3 is 2.45 bits per heavy atom. The van der Waals surface area contributed by atoms with Crippen LogP contribution in [0.4, 0.5) is 4.39 Å². The molecule has 8 heteroatoms. The van der Waals surface area contributed by atoms with Gasteiger partial charge in [0.05, 0.1) is 18.2 Å². The summed E-state index contributed by atoms with van der Waals surface area (Å²) >= 11 is 3.38. The first-order chi connectivity index (χ1) is 14.8. The van der Waals surface area contributed by atoms with Gasteiger partial charge in [0.15, 0.2) is 9.84 Å². The van der Waals surface area contributed by atoms with E-state index in [-0.39, 0.29) is 30.2 Å². The van der Waals surface area contributed by atoms with Gasteiger partial charge in [0.2, 0.25) is 5.91 Å². The van der Waals surface area contributed by atoms with Crippen molar-refractivity contribution in [2.45, 2.75) is 19.0 Å². The molecular weight excluding hydrogens is 483 g/mol. The van der Waals surface area contributed by atoms with Crippen LogP contribution < -0.4 is 0 Å². The van der Waals surface area contributed by atoms with E-state index < -0.39 is 21.7 Å². The molecule has 2 heterocycles. The zero-order valence-corrected chi connectivity index (χ0v) is 18.9. The summed E-state index contributed by atoms with van der Waals surface area (Å²) in [7, 11) is -3.34. The average molecular weight is 503 g/mol. The molecule has 1 aromatic heterocycles. The normalized spacial score (nSPS) is 17.0. The van der Waals surface area contributed by atoms with Crippen LogP contribution in [0.5, 0.6) is 0 Å². The van der Waals surface area contributed by atoms with Gasteiger partial charge in [0.1, 0.15) is 5.82 Å². The smallest absolute Gasteiger partial charge is 0.227 e. The quantitative estimate of drug-likeness (QED) is 0.505. The third-order valence-electron chi connectivity index (χ3n) is 5.18. The maximum absolute atomic E-state index is 14.7. The standard InChI is InChI=1S/C23H20BrFN2O3S/c24-19-6-3-17(4-7-19)15-27(21-9-12-31(29,30)16-21)23(28)13-18-5-8-20(14-22(18)25)26-10-1-2-11-26/h1-12,14,21H,13,15-16H2. The van der Waals surface area contributed by atoms with Crippen LogP contribution in [0.2, 0.25) is 0 Å². The van der Waals surface area contributed by atoms with Crippen molar-refractivity contribution in [3.05, 3.63) is 99.9 Å². The summed E-state index contributed by atoms with van der Waals surface area (Å²) in [6.45, 7) is 0.236. The third kappa shape index (κ3) is 5.14. The van der Waals surface area contributed by atoms with Gasteiger partial charge in [-0.05, 0) is 53.6 Å². The number of hydrogen-bond donors (Lipinski definition) is 0. The largest absolute Gasteiger partial charge is 0.331 e. The maximum atomic E-state index is 14.7. The highest BCUT2D eigenvalue weighted by Crippen LogP contribution is 2.22. The Kier molecular flexibility index (Phi) is 6.11. The Hall–Kier alpha value is -2.71. The van der Waals surface area contributed by atoms with Gasteiger partial charge in [-0.1, -0.05) is 34.1 Å². The summed E-state index contributed by atoms with van der Waals surface area (Å²) in [5.74, 6) is -0.968. The summed E-state index contributed by atoms with van der Waals surface area (Å²) in [6, 6.07) is 15.3. The third-order valence-corrected chi connectivity index (χ3v) is 7.09. The van der Waals surface area contributed by atoms with Crippen LogP contribution in [-0.2, 0) is 27.6 Å². The van der Waals surface area contributed by atoms with Gasteiger partial charge in [0, 0.05) is 34.5 Å². The average Bonchev–Trinajstić information content (AvgIpc) is 3.38. The highest BCUT2D eigenvalue weighted by molar-refractivity contribution is 9.10. The predicted octanol–water partition coefficient (Wildman–Crippen LogP) is 4.26. The second-order valence-corrected chi connectivity index (χ2v) is 10.3. The monoisotopic (exact) mass is 502 g/mol. The lowest BCUT2D eigenvalue weighted by Crippen LogP contribution is -2.41. The minimum atomic E-state index is -3.34. The van der Waals surface area contributed by atoms with E-state index in [4.69, 9.17) is 0 Å². The molecule has 0 aliphatic carbocycles. The fourth-order valence-corrected chi connectivity index (χ4v) is 5.10. The molecule has 1 amide bonds. The van der Waals surface area contributed by atoms with Crippen LogP contribution >= 0.6 is 15.9 Å². The minimum absolute atomic E-state index is 0.154. The zero-order chi connectivity index (χ0) is 22.0. The first-order valence-corrected chi connectivity index (χ1v) is 12.2. The highest BCUT2D eigenvalue weighted by atomic mass is 79.9. The Morgan fingerprint density at radius 2 is 1.84 bits per heavy atom. The molecular formula is C23H20BrFN2O3S. The summed E-state index contributed by atoms with van der Waals surface area (Å²) in [5.41, 5.74) is 1.79. The van der Waals surface area contributed by atoms with Gasteiger partial charge in [0.25, 0.3) is 0 Å². The van der Waals surface area contributed by atoms with Crippen molar-refractivity contribution in [1.29, 1.82) is 0 Å². The molecule has 0 bridgehead atoms. The highest BCUT2D eigenvalue weighted by Gasteiger charge is 2.30. The van der Waals surface area contributed by atoms with Crippen molar-refractivity contribution in [3.63, 3.8) is 0 Å². The molecule has 1 aliphatic rings. The Bertz CT molecular complexity index is 1220. The fourth-order valence-electron chi connectivity index (χ4n) is 3.54. The van der Waals surface area contributed by atoms with Crippen molar-refractivity contribution in [1.82, 2.24) is 9.47 Å². The van der Waals surface area contributed by atoms with Gasteiger partial charge < -0.3 is 9.47 Å². The van der Waals surface area contributed by atoms with Gasteiger partial charge in [-0.2, -0.15) is 0 Å². The zero-order valence-electron chi connectivity index (χ0n) is 16.5. The van der Waals surface area contributed by atoms with Crippen molar-refractivity contribution in [2.24, 2.45) is 0 Å². The summed E-state index contributed by atoms with van der Waals surface area (Å²) in [6.07, 6.45) is 5.00. The van der Waals surface area contributed by atoms with E-state index in [0.717, 1.165) is 15.4 Å². The van der Waals surface area contributed by atoms with Crippen molar-refractivity contribution in [2.75, 3.05) is 5.75 Å². The van der Waals surface area contributed by atoms with E-state index in [2.05, 4.69) is 15.9 Å². The lowest BCUT2D eigenvalue weighted by molar-refractivity contribution is -0.132. The second-order valence-electron chi connectivity index (χ2n) is 7.42. The molecule has 0 spiro atoms. The number of sulfone groups is 1. The van der Waals surface area contributed by atoms with E-state index in [1.807, 2.05) is 48.8 Å². The Balaban J connectivity index is 1.57. The maximum Gasteiger partial charge on any atom is 0.227 e. The molecule has 1 unspecified atom stereocenters. The molecule has 1 atom stereocenters. The summed E-state index contributed by atoms with van der Waals surface area (Å²) in [4.78, 5) is 14.7. The van der Waals surface area contributed by atoms with Gasteiger partial charge in [-0.3, -0.25) is 4.79 Å². The predicted molar refractivity (Wildman–Crippen MR) is 121 cm³/mol. The van der Waals surface area contributed by atoms with Gasteiger partial charge in [-0.25, -0.2) is 12.8 Å². The van der Waals surface area contributed by atoms with Gasteiger partial charge in [-0.15, -0.1) is 0 Å². The molecule has 0 fully saturated rings. The molecule has 2 aromatic carbocycles. The lowest BCUT2D eigenvalue weighted by Gasteiger charge is -2.28. The number of nitrogens with zero attached hydrogens (tertiary/aromatic N) is 2. The lowest BCUT2D eigenvalue weighted by atomic mass is 10.1. The minimum Gasteiger partial charge on any atom is -0.331 e. The molecule has 3 aromatic rings. The van der Waals surface area contributed by atoms with E-state index in [1.54, 1.807) is 16.7 Å². The molecule has 160 valence electrons. The number of aromatic nitrogens is 1. The molecule has 0 N–H and O–H groups in total. The summed E-state index contributed by atoms with van der Waals surface area (Å²) in [5, 5.41) is 1.14.